The van der Waals surface area contributed by atoms with Crippen LogP contribution in [-0.2, 0) is 0 Å². The van der Waals surface area contributed by atoms with Gasteiger partial charge in [0.2, 0.25) is 0 Å². The number of benzene rings is 1. The fourth-order valence-electron chi connectivity index (χ4n) is 2.05. The van der Waals surface area contributed by atoms with Crippen LogP contribution in [0.25, 0.3) is 0 Å². The largest absolute Gasteiger partial charge is 0.368 e. The lowest BCUT2D eigenvalue weighted by molar-refractivity contribution is 0.112. The number of rotatable bonds is 5. The summed E-state index contributed by atoms with van der Waals surface area (Å²) in [6, 6.07) is 5.95. The molecule has 0 N–H and O–H groups in total. The van der Waals surface area contributed by atoms with Crippen molar-refractivity contribution in [2.75, 3.05) is 11.4 Å². The van der Waals surface area contributed by atoms with Crippen molar-refractivity contribution in [3.05, 3.63) is 28.8 Å². The molecule has 2 nitrogen and oxygen atoms in total. The Morgan fingerprint density at radius 1 is 1.47 bits per heavy atom. The van der Waals surface area contributed by atoms with Gasteiger partial charge >= 0.3 is 0 Å². The summed E-state index contributed by atoms with van der Waals surface area (Å²) in [5.74, 6) is 0.799. The first-order valence-corrected chi connectivity index (χ1v) is 6.51. The maximum atomic E-state index is 11.1. The topological polar surface area (TPSA) is 20.3 Å². The molecule has 2 rings (SSSR count). The summed E-state index contributed by atoms with van der Waals surface area (Å²) in [6.07, 6.45) is 3.52. The second-order valence-electron chi connectivity index (χ2n) is 5.01. The van der Waals surface area contributed by atoms with E-state index in [9.17, 15) is 4.79 Å². The van der Waals surface area contributed by atoms with Crippen LogP contribution in [0.3, 0.4) is 0 Å². The number of halogens is 1. The molecule has 92 valence electrons. The first kappa shape index (κ1) is 12.4. The molecule has 1 aromatic rings. The van der Waals surface area contributed by atoms with Crippen molar-refractivity contribution < 1.29 is 4.79 Å². The lowest BCUT2D eigenvalue weighted by Gasteiger charge is -2.30. The lowest BCUT2D eigenvalue weighted by Crippen LogP contribution is -2.33. The second-order valence-corrected chi connectivity index (χ2v) is 5.45. The Hall–Kier alpha value is -1.02. The standard InChI is InChI=1S/C14H18ClNO/c1-10(2)16(8-11-3-4-11)14-6-5-13(15)7-12(14)9-17/h5-7,9-11H,3-4,8H2,1-2H3. The highest BCUT2D eigenvalue weighted by Crippen LogP contribution is 2.33. The number of anilines is 1. The van der Waals surface area contributed by atoms with Crippen LogP contribution in [0.2, 0.25) is 5.02 Å². The number of hydrogen-bond donors (Lipinski definition) is 0. The summed E-state index contributed by atoms with van der Waals surface area (Å²) < 4.78 is 0. The molecule has 3 heteroatoms. The SMILES string of the molecule is CC(C)N(CC1CC1)c1ccc(Cl)cc1C=O. The van der Waals surface area contributed by atoms with Gasteiger partial charge in [0, 0.05) is 28.9 Å². The van der Waals surface area contributed by atoms with E-state index in [-0.39, 0.29) is 0 Å². The van der Waals surface area contributed by atoms with Crippen LogP contribution in [0.1, 0.15) is 37.0 Å². The molecule has 0 unspecified atom stereocenters. The number of aldehydes is 1. The maximum absolute atomic E-state index is 11.1. The van der Waals surface area contributed by atoms with Gasteiger partial charge in [-0.15, -0.1) is 0 Å². The third-order valence-electron chi connectivity index (χ3n) is 3.20. The minimum Gasteiger partial charge on any atom is -0.368 e. The van der Waals surface area contributed by atoms with Gasteiger partial charge in [-0.25, -0.2) is 0 Å². The third kappa shape index (κ3) is 3.01. The monoisotopic (exact) mass is 251 g/mol. The van der Waals surface area contributed by atoms with Gasteiger partial charge < -0.3 is 4.90 Å². The van der Waals surface area contributed by atoms with E-state index in [1.165, 1.54) is 12.8 Å². The van der Waals surface area contributed by atoms with Crippen LogP contribution in [-0.4, -0.2) is 18.9 Å². The second kappa shape index (κ2) is 5.09. The van der Waals surface area contributed by atoms with Gasteiger partial charge in [0.25, 0.3) is 0 Å². The molecule has 0 atom stereocenters. The van der Waals surface area contributed by atoms with E-state index < -0.39 is 0 Å². The fourth-order valence-corrected chi connectivity index (χ4v) is 2.23. The van der Waals surface area contributed by atoms with Crippen LogP contribution >= 0.6 is 11.6 Å². The van der Waals surface area contributed by atoms with Crippen molar-refractivity contribution in [3.63, 3.8) is 0 Å². The van der Waals surface area contributed by atoms with Crippen LogP contribution in [0.5, 0.6) is 0 Å². The molecular formula is C14H18ClNO. The molecule has 1 aromatic carbocycles. The normalized spacial score (nSPS) is 15.1. The summed E-state index contributed by atoms with van der Waals surface area (Å²) in [5.41, 5.74) is 1.69. The van der Waals surface area contributed by atoms with Crippen LogP contribution in [0.15, 0.2) is 18.2 Å². The van der Waals surface area contributed by atoms with Crippen molar-refractivity contribution in [2.24, 2.45) is 5.92 Å². The highest BCUT2D eigenvalue weighted by atomic mass is 35.5. The van der Waals surface area contributed by atoms with Crippen molar-refractivity contribution in [1.29, 1.82) is 0 Å². The number of carbonyl (C=O) groups is 1. The van der Waals surface area contributed by atoms with Gasteiger partial charge in [-0.05, 0) is 50.8 Å². The zero-order valence-corrected chi connectivity index (χ0v) is 11.1. The van der Waals surface area contributed by atoms with E-state index in [4.69, 9.17) is 11.6 Å². The van der Waals surface area contributed by atoms with Gasteiger partial charge in [-0.1, -0.05) is 11.6 Å². The Bertz CT molecular complexity index is 413. The molecule has 0 heterocycles. The van der Waals surface area contributed by atoms with Crippen molar-refractivity contribution >= 4 is 23.6 Å². The van der Waals surface area contributed by atoms with Crippen molar-refractivity contribution in [1.82, 2.24) is 0 Å². The van der Waals surface area contributed by atoms with Gasteiger partial charge in [-0.3, -0.25) is 4.79 Å². The third-order valence-corrected chi connectivity index (χ3v) is 3.44. The minimum absolute atomic E-state index is 0.399. The van der Waals surface area contributed by atoms with Crippen LogP contribution in [0, 0.1) is 5.92 Å². The van der Waals surface area contributed by atoms with Crippen LogP contribution < -0.4 is 4.90 Å². The Kier molecular flexibility index (Phi) is 3.72. The van der Waals surface area contributed by atoms with Gasteiger partial charge in [0.15, 0.2) is 6.29 Å². The molecule has 0 aliphatic heterocycles. The minimum atomic E-state index is 0.399. The maximum Gasteiger partial charge on any atom is 0.152 e. The van der Waals surface area contributed by atoms with E-state index in [0.29, 0.717) is 16.6 Å². The molecule has 1 aliphatic rings. The predicted octanol–water partition coefficient (Wildman–Crippen LogP) is 3.78. The van der Waals surface area contributed by atoms with Gasteiger partial charge in [0.1, 0.15) is 0 Å². The molecule has 1 saturated carbocycles. The van der Waals surface area contributed by atoms with E-state index in [1.54, 1.807) is 6.07 Å². The van der Waals surface area contributed by atoms with Gasteiger partial charge in [0.05, 0.1) is 0 Å². The molecule has 1 aliphatic carbocycles. The molecular weight excluding hydrogens is 234 g/mol. The predicted molar refractivity (Wildman–Crippen MR) is 72.0 cm³/mol. The zero-order chi connectivity index (χ0) is 12.4. The summed E-state index contributed by atoms with van der Waals surface area (Å²) in [7, 11) is 0. The quantitative estimate of drug-likeness (QED) is 0.743. The Morgan fingerprint density at radius 3 is 2.71 bits per heavy atom. The van der Waals surface area contributed by atoms with E-state index >= 15 is 0 Å². The fraction of sp³-hybridized carbons (Fsp3) is 0.500. The average molecular weight is 252 g/mol. The molecule has 0 amide bonds. The summed E-state index contributed by atoms with van der Waals surface area (Å²) >= 11 is 5.92. The smallest absolute Gasteiger partial charge is 0.152 e. The van der Waals surface area contributed by atoms with E-state index in [0.717, 1.165) is 24.4 Å². The Labute approximate surface area is 108 Å². The van der Waals surface area contributed by atoms with Crippen LogP contribution in [0.4, 0.5) is 5.69 Å². The van der Waals surface area contributed by atoms with Crippen molar-refractivity contribution in [2.45, 2.75) is 32.7 Å². The number of nitrogens with zero attached hydrogens (tertiary/aromatic N) is 1. The van der Waals surface area contributed by atoms with E-state index in [1.807, 2.05) is 12.1 Å². The summed E-state index contributed by atoms with van der Waals surface area (Å²) in [4.78, 5) is 13.4. The molecule has 0 aromatic heterocycles. The number of hydrogen-bond acceptors (Lipinski definition) is 2. The first-order chi connectivity index (χ1) is 8.11. The van der Waals surface area contributed by atoms with E-state index in [2.05, 4.69) is 18.7 Å². The molecule has 0 saturated heterocycles. The highest BCUT2D eigenvalue weighted by Gasteiger charge is 2.26. The average Bonchev–Trinajstić information content (AvgIpc) is 3.09. The summed E-state index contributed by atoms with van der Waals surface area (Å²) in [5, 5.41) is 0.617. The molecule has 0 radical (unpaired) electrons. The Balaban J connectivity index is 2.30. The first-order valence-electron chi connectivity index (χ1n) is 6.13. The van der Waals surface area contributed by atoms with Crippen molar-refractivity contribution in [3.8, 4) is 0 Å². The molecule has 0 bridgehead atoms. The molecule has 1 fully saturated rings. The molecule has 17 heavy (non-hydrogen) atoms. The zero-order valence-electron chi connectivity index (χ0n) is 10.3. The Morgan fingerprint density at radius 2 is 2.18 bits per heavy atom. The molecule has 0 spiro atoms. The number of carbonyl (C=O) groups excluding carboxylic acids is 1. The van der Waals surface area contributed by atoms with Gasteiger partial charge in [-0.2, -0.15) is 0 Å². The highest BCUT2D eigenvalue weighted by molar-refractivity contribution is 6.31. The lowest BCUT2D eigenvalue weighted by atomic mass is 10.1. The summed E-state index contributed by atoms with van der Waals surface area (Å²) in [6.45, 7) is 5.36.